The summed E-state index contributed by atoms with van der Waals surface area (Å²) >= 11 is 3.10. The molecular weight excluding hydrogens is 626 g/mol. The molecule has 10 heteroatoms. The molecule has 0 amide bonds. The summed E-state index contributed by atoms with van der Waals surface area (Å²) in [5, 5.41) is 0.390. The second kappa shape index (κ2) is 4.88. The molecule has 4 aromatic rings. The molecule has 2 aromatic carbocycles. The predicted molar refractivity (Wildman–Crippen MR) is 89.4 cm³/mol. The molecule has 0 aliphatic heterocycles. The maximum absolute atomic E-state index is 14.7. The van der Waals surface area contributed by atoms with Gasteiger partial charge in [-0.3, -0.25) is 0 Å². The van der Waals surface area contributed by atoms with Crippen molar-refractivity contribution in [3.05, 3.63) is 18.8 Å². The van der Waals surface area contributed by atoms with E-state index in [-0.39, 0.29) is 40.7 Å². The third kappa shape index (κ3) is 1.72. The van der Waals surface area contributed by atoms with Crippen molar-refractivity contribution < 1.29 is 8.78 Å². The topological polar surface area (TPSA) is 51.6 Å². The van der Waals surface area contributed by atoms with Gasteiger partial charge in [0.15, 0.2) is 0 Å². The van der Waals surface area contributed by atoms with Crippen LogP contribution in [-0.4, -0.2) is 45.8 Å². The van der Waals surface area contributed by atoms with E-state index in [2.05, 4.69) is 15.9 Å². The van der Waals surface area contributed by atoms with Crippen molar-refractivity contribution in [1.29, 1.82) is 0 Å². The summed E-state index contributed by atoms with van der Waals surface area (Å²) in [5.74, 6) is -0.946. The second-order valence-corrected chi connectivity index (χ2v) is 8.30. The number of aromatic nitrogens is 4. The zero-order chi connectivity index (χ0) is 14.0. The summed E-state index contributed by atoms with van der Waals surface area (Å²) in [7, 11) is 0. The van der Waals surface area contributed by atoms with Crippen LogP contribution >= 0.6 is 45.2 Å². The van der Waals surface area contributed by atoms with Gasteiger partial charge in [-0.1, -0.05) is 0 Å². The molecule has 0 bridgehead atoms. The molecule has 0 aliphatic carbocycles. The van der Waals surface area contributed by atoms with E-state index in [9.17, 15) is 8.78 Å². The summed E-state index contributed by atoms with van der Waals surface area (Å²) < 4.78 is 47.0. The first-order valence-electron chi connectivity index (χ1n) is 5.13. The van der Waals surface area contributed by atoms with E-state index in [1.54, 1.807) is 0 Å². The van der Waals surface area contributed by atoms with Crippen LogP contribution in [-0.2, 0) is 0 Å². The molecule has 2 heterocycles. The van der Waals surface area contributed by atoms with Crippen LogP contribution in [0, 0.1) is 18.8 Å². The molecule has 0 radical (unpaired) electrons. The number of halogens is 4. The van der Waals surface area contributed by atoms with Crippen molar-refractivity contribution in [3.63, 3.8) is 0 Å². The molecule has 0 N–H and O–H groups in total. The minimum atomic E-state index is -0.473. The van der Waals surface area contributed by atoms with Crippen LogP contribution < -0.4 is 0 Å². The number of hydrogen-bond donors (Lipinski definition) is 0. The third-order valence-corrected chi connectivity index (χ3v) is 7.13. The quantitative estimate of drug-likeness (QED) is 0.223. The van der Waals surface area contributed by atoms with E-state index in [0.717, 1.165) is 0 Å². The number of fused-ring (bicyclic) bond motifs is 5. The molecular formula is C10F2I2N4Se2. The van der Waals surface area contributed by atoms with Gasteiger partial charge in [0.1, 0.15) is 0 Å². The molecule has 20 heavy (non-hydrogen) atoms. The number of rotatable bonds is 0. The summed E-state index contributed by atoms with van der Waals surface area (Å²) in [6.07, 6.45) is 0. The van der Waals surface area contributed by atoms with E-state index in [0.29, 0.717) is 29.2 Å². The number of hydrogen-bond acceptors (Lipinski definition) is 4. The normalized spacial score (nSPS) is 12.0. The second-order valence-electron chi connectivity index (χ2n) is 3.93. The van der Waals surface area contributed by atoms with E-state index in [1.165, 1.54) is 0 Å². The number of nitrogens with zero attached hydrogens (tertiary/aromatic N) is 4. The summed E-state index contributed by atoms with van der Waals surface area (Å²) in [6, 6.07) is 0. The molecule has 0 aliphatic rings. The van der Waals surface area contributed by atoms with Crippen LogP contribution in [0.25, 0.3) is 32.8 Å². The van der Waals surface area contributed by atoms with Crippen LogP contribution in [0.15, 0.2) is 0 Å². The summed E-state index contributed by atoms with van der Waals surface area (Å²) in [4.78, 5) is 0. The number of benzene rings is 2. The van der Waals surface area contributed by atoms with Crippen LogP contribution in [0.4, 0.5) is 8.78 Å². The summed E-state index contributed by atoms with van der Waals surface area (Å²) in [6.45, 7) is 0. The Kier molecular flexibility index (Phi) is 3.39. The zero-order valence-electron chi connectivity index (χ0n) is 9.12. The Hall–Kier alpha value is 0.259. The Morgan fingerprint density at radius 2 is 1.00 bits per heavy atom. The average molecular weight is 626 g/mol. The standard InChI is InChI=1S/C10F2I2N4Se2/c11-3-1-2(8-10(5(3)13)18-20-16-8)4(12)6(14)9-7(1)15-19-17-9. The Bertz CT molecular complexity index is 931. The fourth-order valence-corrected chi connectivity index (χ4v) is 6.46. The molecule has 0 fully saturated rings. The van der Waals surface area contributed by atoms with Crippen LogP contribution in [0.3, 0.4) is 0 Å². The Morgan fingerprint density at radius 1 is 0.650 bits per heavy atom. The molecule has 0 atom stereocenters. The average Bonchev–Trinajstić information content (AvgIpc) is 3.08. The molecule has 100 valence electrons. The van der Waals surface area contributed by atoms with E-state index in [4.69, 9.17) is 0 Å². The van der Waals surface area contributed by atoms with Crippen molar-refractivity contribution >= 4 is 108 Å². The maximum atomic E-state index is 14.7. The Labute approximate surface area is 150 Å². The van der Waals surface area contributed by atoms with Gasteiger partial charge in [-0.05, 0) is 0 Å². The molecule has 4 rings (SSSR count). The van der Waals surface area contributed by atoms with Gasteiger partial charge in [0.25, 0.3) is 0 Å². The van der Waals surface area contributed by atoms with Gasteiger partial charge in [0.2, 0.25) is 0 Å². The van der Waals surface area contributed by atoms with Crippen LogP contribution in [0.1, 0.15) is 0 Å². The van der Waals surface area contributed by atoms with Crippen molar-refractivity contribution in [2.24, 2.45) is 0 Å². The third-order valence-electron chi connectivity index (χ3n) is 2.94. The van der Waals surface area contributed by atoms with Crippen LogP contribution in [0.5, 0.6) is 0 Å². The Morgan fingerprint density at radius 3 is 1.40 bits per heavy atom. The van der Waals surface area contributed by atoms with Crippen molar-refractivity contribution in [1.82, 2.24) is 15.9 Å². The van der Waals surface area contributed by atoms with Crippen molar-refractivity contribution in [2.75, 3.05) is 0 Å². The van der Waals surface area contributed by atoms with E-state index >= 15 is 0 Å². The Balaban J connectivity index is 2.49. The van der Waals surface area contributed by atoms with Gasteiger partial charge >= 0.3 is 151 Å². The van der Waals surface area contributed by atoms with Gasteiger partial charge in [-0.25, -0.2) is 0 Å². The van der Waals surface area contributed by atoms with Crippen LogP contribution in [0.2, 0.25) is 0 Å². The zero-order valence-corrected chi connectivity index (χ0v) is 16.9. The molecule has 4 nitrogen and oxygen atoms in total. The van der Waals surface area contributed by atoms with E-state index < -0.39 is 11.6 Å². The monoisotopic (exact) mass is 628 g/mol. The molecule has 0 unspecified atom stereocenters. The fraction of sp³-hybridized carbons (Fsp3) is 0. The molecule has 2 aromatic heterocycles. The fourth-order valence-electron chi connectivity index (χ4n) is 2.08. The van der Waals surface area contributed by atoms with Crippen molar-refractivity contribution in [3.8, 4) is 0 Å². The predicted octanol–water partition coefficient (Wildman–Crippen LogP) is 2.33. The summed E-state index contributed by atoms with van der Waals surface area (Å²) in [5.41, 5.74) is 1.84. The van der Waals surface area contributed by atoms with Crippen molar-refractivity contribution in [2.45, 2.75) is 0 Å². The SMILES string of the molecule is Fc1c(I)c2n[se]nc2c2c(F)c(I)c3n[se]nc3c12. The first kappa shape index (κ1) is 13.9. The molecule has 0 spiro atoms. The van der Waals surface area contributed by atoms with Gasteiger partial charge in [-0.15, -0.1) is 0 Å². The van der Waals surface area contributed by atoms with Gasteiger partial charge in [0.05, 0.1) is 0 Å². The first-order chi connectivity index (χ1) is 9.61. The molecule has 0 saturated carbocycles. The van der Waals surface area contributed by atoms with Gasteiger partial charge in [0, 0.05) is 0 Å². The first-order valence-corrected chi connectivity index (χ1v) is 10.4. The minimum absolute atomic E-state index is 0.195. The van der Waals surface area contributed by atoms with E-state index in [1.807, 2.05) is 45.2 Å². The molecule has 0 saturated heterocycles. The van der Waals surface area contributed by atoms with Gasteiger partial charge < -0.3 is 0 Å². The van der Waals surface area contributed by atoms with Gasteiger partial charge in [-0.2, -0.15) is 0 Å².